The molecule has 1 aliphatic rings. The summed E-state index contributed by atoms with van der Waals surface area (Å²) in [6, 6.07) is 6.47. The molecule has 18 heavy (non-hydrogen) atoms. The molecule has 2 aromatic rings. The van der Waals surface area contributed by atoms with Crippen LogP contribution in [0, 0.1) is 11.6 Å². The van der Waals surface area contributed by atoms with Gasteiger partial charge in [0.2, 0.25) is 0 Å². The first kappa shape index (κ1) is 11.3. The molecule has 0 spiro atoms. The van der Waals surface area contributed by atoms with Gasteiger partial charge in [0.25, 0.3) is 0 Å². The summed E-state index contributed by atoms with van der Waals surface area (Å²) in [4.78, 5) is 0. The Bertz CT molecular complexity index is 561. The van der Waals surface area contributed by atoms with Crippen molar-refractivity contribution < 1.29 is 8.78 Å². The van der Waals surface area contributed by atoms with Crippen LogP contribution in [0.1, 0.15) is 18.5 Å². The van der Waals surface area contributed by atoms with E-state index in [1.54, 1.807) is 12.3 Å². The van der Waals surface area contributed by atoms with Crippen molar-refractivity contribution in [3.05, 3.63) is 47.8 Å². The Morgan fingerprint density at radius 3 is 2.89 bits per heavy atom. The molecule has 1 aliphatic carbocycles. The molecule has 1 N–H and O–H groups in total. The maximum Gasteiger partial charge on any atom is 0.184 e. The lowest BCUT2D eigenvalue weighted by Crippen LogP contribution is -2.15. The number of nitrogens with zero attached hydrogens (tertiary/aromatic N) is 2. The minimum absolute atomic E-state index is 0.132. The fourth-order valence-corrected chi connectivity index (χ4v) is 1.80. The number of hydrogen-bond acceptors (Lipinski definition) is 2. The zero-order valence-electron chi connectivity index (χ0n) is 9.74. The molecule has 0 saturated heterocycles. The number of nitrogens with one attached hydrogen (secondary N) is 1. The Hall–Kier alpha value is -1.75. The summed E-state index contributed by atoms with van der Waals surface area (Å²) in [6.45, 7) is 0.661. The summed E-state index contributed by atoms with van der Waals surface area (Å²) in [5, 5.41) is 7.55. The van der Waals surface area contributed by atoms with E-state index in [9.17, 15) is 8.78 Å². The molecule has 5 heteroatoms. The van der Waals surface area contributed by atoms with Crippen LogP contribution in [-0.4, -0.2) is 15.8 Å². The van der Waals surface area contributed by atoms with E-state index in [4.69, 9.17) is 0 Å². The Morgan fingerprint density at radius 2 is 2.11 bits per heavy atom. The lowest BCUT2D eigenvalue weighted by molar-refractivity contribution is 0.501. The van der Waals surface area contributed by atoms with Crippen molar-refractivity contribution >= 4 is 0 Å². The van der Waals surface area contributed by atoms with Gasteiger partial charge in [0.1, 0.15) is 5.69 Å². The molecule has 1 saturated carbocycles. The molecular formula is C13H13F2N3. The second-order valence-electron chi connectivity index (χ2n) is 4.48. The second kappa shape index (κ2) is 4.49. The molecule has 1 fully saturated rings. The maximum atomic E-state index is 13.6. The van der Waals surface area contributed by atoms with E-state index in [2.05, 4.69) is 10.4 Å². The maximum absolute atomic E-state index is 13.6. The molecule has 0 unspecified atom stereocenters. The smallest absolute Gasteiger partial charge is 0.184 e. The van der Waals surface area contributed by atoms with E-state index in [1.807, 2.05) is 0 Å². The van der Waals surface area contributed by atoms with Gasteiger partial charge in [-0.15, -0.1) is 0 Å². The third-order valence-corrected chi connectivity index (χ3v) is 2.97. The topological polar surface area (TPSA) is 29.9 Å². The van der Waals surface area contributed by atoms with Crippen molar-refractivity contribution in [2.24, 2.45) is 0 Å². The van der Waals surface area contributed by atoms with E-state index in [1.165, 1.54) is 29.7 Å². The summed E-state index contributed by atoms with van der Waals surface area (Å²) < 4.78 is 28.0. The fraction of sp³-hybridized carbons (Fsp3) is 0.308. The monoisotopic (exact) mass is 249 g/mol. The highest BCUT2D eigenvalue weighted by Gasteiger charge is 2.20. The second-order valence-corrected chi connectivity index (χ2v) is 4.48. The average molecular weight is 249 g/mol. The average Bonchev–Trinajstić information content (AvgIpc) is 3.08. The van der Waals surface area contributed by atoms with Crippen molar-refractivity contribution in [1.29, 1.82) is 0 Å². The summed E-state index contributed by atoms with van der Waals surface area (Å²) in [6.07, 6.45) is 4.06. The first-order valence-electron chi connectivity index (χ1n) is 5.96. The predicted molar refractivity (Wildman–Crippen MR) is 63.3 cm³/mol. The predicted octanol–water partition coefficient (Wildman–Crippen LogP) is 2.40. The highest BCUT2D eigenvalue weighted by atomic mass is 19.2. The van der Waals surface area contributed by atoms with Gasteiger partial charge in [-0.2, -0.15) is 5.10 Å². The number of rotatable bonds is 4. The molecule has 0 amide bonds. The van der Waals surface area contributed by atoms with Crippen LogP contribution in [0.3, 0.4) is 0 Å². The number of hydrogen-bond donors (Lipinski definition) is 1. The van der Waals surface area contributed by atoms with E-state index in [0.29, 0.717) is 12.6 Å². The first-order chi connectivity index (χ1) is 8.74. The molecule has 1 aromatic carbocycles. The van der Waals surface area contributed by atoms with Gasteiger partial charge in [0.05, 0.1) is 5.69 Å². The molecular weight excluding hydrogens is 236 g/mol. The van der Waals surface area contributed by atoms with Gasteiger partial charge < -0.3 is 5.32 Å². The van der Waals surface area contributed by atoms with Gasteiger partial charge in [0.15, 0.2) is 11.6 Å². The highest BCUT2D eigenvalue weighted by molar-refractivity contribution is 5.33. The molecule has 94 valence electrons. The van der Waals surface area contributed by atoms with Gasteiger partial charge in [-0.1, -0.05) is 6.07 Å². The van der Waals surface area contributed by atoms with Gasteiger partial charge in [-0.3, -0.25) is 0 Å². The quantitative estimate of drug-likeness (QED) is 0.901. The van der Waals surface area contributed by atoms with Crippen LogP contribution in [-0.2, 0) is 6.54 Å². The van der Waals surface area contributed by atoms with Crippen LogP contribution >= 0.6 is 0 Å². The van der Waals surface area contributed by atoms with Gasteiger partial charge >= 0.3 is 0 Å². The third-order valence-electron chi connectivity index (χ3n) is 2.97. The van der Waals surface area contributed by atoms with Crippen LogP contribution in [0.4, 0.5) is 8.78 Å². The zero-order valence-corrected chi connectivity index (χ0v) is 9.74. The van der Waals surface area contributed by atoms with Crippen LogP contribution in [0.15, 0.2) is 30.5 Å². The Morgan fingerprint density at radius 1 is 1.28 bits per heavy atom. The fourth-order valence-electron chi connectivity index (χ4n) is 1.80. The van der Waals surface area contributed by atoms with Crippen molar-refractivity contribution in [2.75, 3.05) is 0 Å². The van der Waals surface area contributed by atoms with Crippen LogP contribution < -0.4 is 5.32 Å². The zero-order chi connectivity index (χ0) is 12.5. The first-order valence-corrected chi connectivity index (χ1v) is 5.96. The van der Waals surface area contributed by atoms with Crippen LogP contribution in [0.25, 0.3) is 5.69 Å². The summed E-state index contributed by atoms with van der Waals surface area (Å²) in [5.74, 6) is -1.73. The minimum atomic E-state index is -0.873. The van der Waals surface area contributed by atoms with Gasteiger partial charge in [-0.05, 0) is 31.0 Å². The number of halogens is 2. The minimum Gasteiger partial charge on any atom is -0.308 e. The van der Waals surface area contributed by atoms with E-state index >= 15 is 0 Å². The molecule has 1 heterocycles. The normalized spacial score (nSPS) is 15.0. The molecule has 0 aliphatic heterocycles. The molecule has 3 rings (SSSR count). The van der Waals surface area contributed by atoms with Crippen LogP contribution in [0.2, 0.25) is 0 Å². The van der Waals surface area contributed by atoms with Gasteiger partial charge in [0, 0.05) is 18.8 Å². The molecule has 1 aromatic heterocycles. The number of aromatic nitrogens is 2. The van der Waals surface area contributed by atoms with Crippen molar-refractivity contribution in [1.82, 2.24) is 15.1 Å². The van der Waals surface area contributed by atoms with E-state index in [0.717, 1.165) is 11.8 Å². The lowest BCUT2D eigenvalue weighted by Gasteiger charge is -2.03. The molecule has 3 nitrogen and oxygen atoms in total. The molecule has 0 radical (unpaired) electrons. The van der Waals surface area contributed by atoms with Crippen molar-refractivity contribution in [3.8, 4) is 5.69 Å². The molecule has 0 bridgehead atoms. The largest absolute Gasteiger partial charge is 0.308 e. The number of benzene rings is 1. The van der Waals surface area contributed by atoms with Crippen LogP contribution in [0.5, 0.6) is 0 Å². The van der Waals surface area contributed by atoms with E-state index < -0.39 is 11.6 Å². The Balaban J connectivity index is 1.80. The summed E-state index contributed by atoms with van der Waals surface area (Å²) in [7, 11) is 0. The van der Waals surface area contributed by atoms with Crippen molar-refractivity contribution in [2.45, 2.75) is 25.4 Å². The van der Waals surface area contributed by atoms with Gasteiger partial charge in [-0.25, -0.2) is 13.5 Å². The van der Waals surface area contributed by atoms with Crippen molar-refractivity contribution in [3.63, 3.8) is 0 Å². The van der Waals surface area contributed by atoms with E-state index in [-0.39, 0.29) is 5.69 Å². The molecule has 0 atom stereocenters. The summed E-state index contributed by atoms with van der Waals surface area (Å²) in [5.41, 5.74) is 0.957. The lowest BCUT2D eigenvalue weighted by atomic mass is 10.3. The SMILES string of the molecule is Fc1cccc(-n2ccc(CNC3CC3)n2)c1F. The third kappa shape index (κ3) is 2.26. The highest BCUT2D eigenvalue weighted by Crippen LogP contribution is 2.19. The Labute approximate surface area is 103 Å². The Kier molecular flexibility index (Phi) is 2.83. The standard InChI is InChI=1S/C13H13F2N3/c14-11-2-1-3-12(13(11)15)18-7-6-10(17-18)8-16-9-4-5-9/h1-3,6-7,9,16H,4-5,8H2. The summed E-state index contributed by atoms with van der Waals surface area (Å²) >= 11 is 0.